The molecule has 0 radical (unpaired) electrons. The molecule has 2 aromatic rings. The molecule has 106 valence electrons. The highest BCUT2D eigenvalue weighted by molar-refractivity contribution is 5.92. The van der Waals surface area contributed by atoms with Crippen LogP contribution in [0.15, 0.2) is 24.5 Å². The van der Waals surface area contributed by atoms with E-state index in [9.17, 15) is 4.79 Å². The van der Waals surface area contributed by atoms with E-state index < -0.39 is 0 Å². The number of likely N-dealkylation sites (tertiary alicyclic amines) is 1. The van der Waals surface area contributed by atoms with Crippen molar-refractivity contribution >= 4 is 11.7 Å². The highest BCUT2D eigenvalue weighted by atomic mass is 16.2. The third-order valence-corrected chi connectivity index (χ3v) is 3.69. The van der Waals surface area contributed by atoms with Crippen molar-refractivity contribution in [1.29, 1.82) is 0 Å². The number of rotatable bonds is 2. The molecular formula is C13H18N6O. The Hall–Kier alpha value is -2.31. The van der Waals surface area contributed by atoms with Gasteiger partial charge in [-0.3, -0.25) is 14.2 Å². The summed E-state index contributed by atoms with van der Waals surface area (Å²) in [5, 5.41) is 8.40. The van der Waals surface area contributed by atoms with Crippen molar-refractivity contribution in [2.24, 2.45) is 7.05 Å². The van der Waals surface area contributed by atoms with Crippen LogP contribution in [0.5, 0.6) is 0 Å². The Kier molecular flexibility index (Phi) is 3.17. The van der Waals surface area contributed by atoms with Gasteiger partial charge in [0.15, 0.2) is 0 Å². The number of nitrogens with zero attached hydrogens (tertiary/aromatic N) is 5. The maximum absolute atomic E-state index is 12.3. The molecule has 7 heteroatoms. The third kappa shape index (κ3) is 2.38. The van der Waals surface area contributed by atoms with Gasteiger partial charge in [-0.15, -0.1) is 0 Å². The minimum absolute atomic E-state index is 0.00373. The fraction of sp³-hybridized carbons (Fsp3) is 0.462. The first-order chi connectivity index (χ1) is 9.63. The van der Waals surface area contributed by atoms with Crippen LogP contribution in [0, 0.1) is 0 Å². The summed E-state index contributed by atoms with van der Waals surface area (Å²) >= 11 is 0. The van der Waals surface area contributed by atoms with Crippen molar-refractivity contribution < 1.29 is 4.79 Å². The molecule has 3 heterocycles. The van der Waals surface area contributed by atoms with E-state index in [1.54, 1.807) is 23.0 Å². The number of hydrogen-bond acceptors (Lipinski definition) is 4. The Bertz CT molecular complexity index is 608. The number of amides is 1. The molecule has 0 unspecified atom stereocenters. The smallest absolute Gasteiger partial charge is 0.274 e. The predicted molar refractivity (Wildman–Crippen MR) is 74.0 cm³/mol. The summed E-state index contributed by atoms with van der Waals surface area (Å²) in [5.41, 5.74) is 6.14. The van der Waals surface area contributed by atoms with E-state index in [4.69, 9.17) is 5.73 Å². The molecule has 0 spiro atoms. The number of anilines is 1. The molecule has 2 N–H and O–H groups in total. The molecule has 0 aliphatic carbocycles. The largest absolute Gasteiger partial charge is 0.382 e. The number of aryl methyl sites for hydroxylation is 1. The number of carbonyl (C=O) groups is 1. The van der Waals surface area contributed by atoms with Crippen molar-refractivity contribution in [3.05, 3.63) is 30.2 Å². The number of aromatic nitrogens is 4. The van der Waals surface area contributed by atoms with Gasteiger partial charge in [0.25, 0.3) is 5.91 Å². The quantitative estimate of drug-likeness (QED) is 0.873. The molecule has 1 amide bonds. The standard InChI is InChI=1S/C13H18N6O/c1-17-6-4-11(15-17)13(20)18-7-2-10(3-8-18)19-9-5-12(14)16-19/h4-6,9-10H,2-3,7-8H2,1H3,(H2,14,16). The Morgan fingerprint density at radius 3 is 2.55 bits per heavy atom. The molecule has 0 saturated carbocycles. The van der Waals surface area contributed by atoms with Gasteiger partial charge in [-0.25, -0.2) is 0 Å². The molecule has 0 aromatic carbocycles. The van der Waals surface area contributed by atoms with E-state index in [1.807, 2.05) is 22.8 Å². The molecule has 1 aliphatic rings. The first kappa shape index (κ1) is 12.7. The summed E-state index contributed by atoms with van der Waals surface area (Å²) in [6.07, 6.45) is 5.46. The highest BCUT2D eigenvalue weighted by Gasteiger charge is 2.25. The van der Waals surface area contributed by atoms with Crippen molar-refractivity contribution in [3.63, 3.8) is 0 Å². The van der Waals surface area contributed by atoms with E-state index >= 15 is 0 Å². The molecule has 2 aromatic heterocycles. The fourth-order valence-electron chi connectivity index (χ4n) is 2.58. The number of hydrogen-bond donors (Lipinski definition) is 1. The van der Waals surface area contributed by atoms with Crippen LogP contribution < -0.4 is 5.73 Å². The van der Waals surface area contributed by atoms with Crippen LogP contribution in [-0.4, -0.2) is 43.5 Å². The number of nitrogens with two attached hydrogens (primary N) is 1. The molecule has 0 bridgehead atoms. The molecule has 1 saturated heterocycles. The van der Waals surface area contributed by atoms with Gasteiger partial charge in [-0.1, -0.05) is 0 Å². The Morgan fingerprint density at radius 1 is 1.25 bits per heavy atom. The van der Waals surface area contributed by atoms with Gasteiger partial charge in [-0.05, 0) is 25.0 Å². The summed E-state index contributed by atoms with van der Waals surface area (Å²) in [5.74, 6) is 0.543. The van der Waals surface area contributed by atoms with Crippen LogP contribution in [0.2, 0.25) is 0 Å². The highest BCUT2D eigenvalue weighted by Crippen LogP contribution is 2.23. The SMILES string of the molecule is Cn1ccc(C(=O)N2CCC(n3ccc(N)n3)CC2)n1. The molecule has 0 atom stereocenters. The van der Waals surface area contributed by atoms with E-state index in [-0.39, 0.29) is 5.91 Å². The van der Waals surface area contributed by atoms with Crippen LogP contribution in [0.25, 0.3) is 0 Å². The zero-order valence-electron chi connectivity index (χ0n) is 11.4. The molecule has 1 fully saturated rings. The topological polar surface area (TPSA) is 82.0 Å². The van der Waals surface area contributed by atoms with Crippen molar-refractivity contribution in [2.45, 2.75) is 18.9 Å². The number of nitrogen functional groups attached to an aromatic ring is 1. The van der Waals surface area contributed by atoms with E-state index in [1.165, 1.54) is 0 Å². The van der Waals surface area contributed by atoms with Crippen LogP contribution in [0.1, 0.15) is 29.4 Å². The minimum atomic E-state index is 0.00373. The second kappa shape index (κ2) is 4.99. The Balaban J connectivity index is 1.62. The Morgan fingerprint density at radius 2 is 2.00 bits per heavy atom. The van der Waals surface area contributed by atoms with E-state index in [2.05, 4.69) is 10.2 Å². The molecule has 3 rings (SSSR count). The van der Waals surface area contributed by atoms with Gasteiger partial charge >= 0.3 is 0 Å². The van der Waals surface area contributed by atoms with Gasteiger partial charge in [0, 0.05) is 32.5 Å². The maximum atomic E-state index is 12.3. The number of carbonyl (C=O) groups excluding carboxylic acids is 1. The van der Waals surface area contributed by atoms with Crippen molar-refractivity contribution in [2.75, 3.05) is 18.8 Å². The van der Waals surface area contributed by atoms with E-state index in [0.29, 0.717) is 17.6 Å². The second-order valence-corrected chi connectivity index (χ2v) is 5.12. The lowest BCUT2D eigenvalue weighted by atomic mass is 10.1. The van der Waals surface area contributed by atoms with Crippen molar-refractivity contribution in [3.8, 4) is 0 Å². The average Bonchev–Trinajstić information content (AvgIpc) is 3.07. The minimum Gasteiger partial charge on any atom is -0.382 e. The summed E-state index contributed by atoms with van der Waals surface area (Å²) in [7, 11) is 1.81. The molecule has 1 aliphatic heterocycles. The van der Waals surface area contributed by atoms with Gasteiger partial charge in [0.05, 0.1) is 6.04 Å². The van der Waals surface area contributed by atoms with Gasteiger partial charge in [0.2, 0.25) is 0 Å². The average molecular weight is 274 g/mol. The first-order valence-electron chi connectivity index (χ1n) is 6.73. The van der Waals surface area contributed by atoms with Gasteiger partial charge in [0.1, 0.15) is 11.5 Å². The normalized spacial score (nSPS) is 16.6. The van der Waals surface area contributed by atoms with Gasteiger partial charge < -0.3 is 10.6 Å². The lowest BCUT2D eigenvalue weighted by molar-refractivity contribution is 0.0683. The fourth-order valence-corrected chi connectivity index (χ4v) is 2.58. The Labute approximate surface area is 117 Å². The second-order valence-electron chi connectivity index (χ2n) is 5.12. The summed E-state index contributed by atoms with van der Waals surface area (Å²) in [6.45, 7) is 1.44. The molecular weight excluding hydrogens is 256 g/mol. The summed E-state index contributed by atoms with van der Waals surface area (Å²) < 4.78 is 3.55. The monoisotopic (exact) mass is 274 g/mol. The third-order valence-electron chi connectivity index (χ3n) is 3.69. The summed E-state index contributed by atoms with van der Waals surface area (Å²) in [6, 6.07) is 3.87. The van der Waals surface area contributed by atoms with Crippen molar-refractivity contribution in [1.82, 2.24) is 24.5 Å². The first-order valence-corrected chi connectivity index (χ1v) is 6.73. The summed E-state index contributed by atoms with van der Waals surface area (Å²) in [4.78, 5) is 14.1. The number of piperidine rings is 1. The van der Waals surface area contributed by atoms with Crippen LogP contribution in [0.4, 0.5) is 5.82 Å². The molecule has 20 heavy (non-hydrogen) atoms. The predicted octanol–water partition coefficient (Wildman–Crippen LogP) is 0.676. The van der Waals surface area contributed by atoms with Crippen LogP contribution >= 0.6 is 0 Å². The maximum Gasteiger partial charge on any atom is 0.274 e. The zero-order chi connectivity index (χ0) is 14.1. The van der Waals surface area contributed by atoms with Gasteiger partial charge in [-0.2, -0.15) is 10.2 Å². The van der Waals surface area contributed by atoms with E-state index in [0.717, 1.165) is 25.9 Å². The lowest BCUT2D eigenvalue weighted by Crippen LogP contribution is -2.39. The zero-order valence-corrected chi connectivity index (χ0v) is 11.4. The van der Waals surface area contributed by atoms with Crippen LogP contribution in [-0.2, 0) is 7.05 Å². The molecule has 7 nitrogen and oxygen atoms in total. The van der Waals surface area contributed by atoms with Crippen LogP contribution in [0.3, 0.4) is 0 Å². The lowest BCUT2D eigenvalue weighted by Gasteiger charge is -2.31.